The van der Waals surface area contributed by atoms with Crippen LogP contribution < -0.4 is 10.6 Å². The Hall–Kier alpha value is -2.44. The number of carbonyl (C=O) groups is 1. The highest BCUT2D eigenvalue weighted by Crippen LogP contribution is 2.46. The van der Waals surface area contributed by atoms with Gasteiger partial charge in [-0.15, -0.1) is 0 Å². The van der Waals surface area contributed by atoms with Crippen molar-refractivity contribution >= 4 is 11.7 Å². The molecule has 0 radical (unpaired) electrons. The molecule has 2 aliphatic rings. The van der Waals surface area contributed by atoms with E-state index in [1.165, 1.54) is 24.0 Å². The van der Waals surface area contributed by atoms with Gasteiger partial charge in [0.2, 0.25) is 5.91 Å². The van der Waals surface area contributed by atoms with Crippen molar-refractivity contribution in [2.24, 2.45) is 5.73 Å². The van der Waals surface area contributed by atoms with Gasteiger partial charge in [-0.2, -0.15) is 0 Å². The van der Waals surface area contributed by atoms with Gasteiger partial charge in [0.1, 0.15) is 11.9 Å². The van der Waals surface area contributed by atoms with Crippen LogP contribution in [0.4, 0.5) is 5.82 Å². The Morgan fingerprint density at radius 1 is 1.03 bits per heavy atom. The Kier molecular flexibility index (Phi) is 6.03. The largest absolute Gasteiger partial charge is 0.394 e. The fraction of sp³-hybridized carbons (Fsp3) is 0.538. The highest BCUT2D eigenvalue weighted by molar-refractivity contribution is 5.82. The van der Waals surface area contributed by atoms with Crippen molar-refractivity contribution in [3.63, 3.8) is 0 Å². The quantitative estimate of drug-likeness (QED) is 0.770. The van der Waals surface area contributed by atoms with Crippen molar-refractivity contribution in [3.8, 4) is 11.3 Å². The molecule has 1 aromatic heterocycles. The lowest BCUT2D eigenvalue weighted by molar-refractivity contribution is -0.133. The molecule has 172 valence electrons. The summed E-state index contributed by atoms with van der Waals surface area (Å²) < 4.78 is 0. The lowest BCUT2D eigenvalue weighted by Crippen LogP contribution is -2.54. The third-order valence-electron chi connectivity index (χ3n) is 7.31. The molecular weight excluding hydrogens is 400 g/mol. The Labute approximate surface area is 191 Å². The average molecular weight is 437 g/mol. The van der Waals surface area contributed by atoms with Crippen molar-refractivity contribution in [1.29, 1.82) is 0 Å². The van der Waals surface area contributed by atoms with Crippen molar-refractivity contribution in [2.75, 3.05) is 37.7 Å². The van der Waals surface area contributed by atoms with Crippen LogP contribution in [-0.4, -0.2) is 59.7 Å². The second-order valence-electron chi connectivity index (χ2n) is 10.5. The van der Waals surface area contributed by atoms with Crippen LogP contribution in [0.2, 0.25) is 0 Å². The van der Waals surface area contributed by atoms with Gasteiger partial charge in [-0.05, 0) is 53.0 Å². The zero-order valence-corrected chi connectivity index (χ0v) is 19.8. The van der Waals surface area contributed by atoms with E-state index < -0.39 is 6.04 Å². The summed E-state index contributed by atoms with van der Waals surface area (Å²) in [5.41, 5.74) is 11.1. The molecule has 1 aliphatic carbocycles. The molecule has 1 saturated heterocycles. The normalized spacial score (nSPS) is 20.6. The number of fused-ring (bicyclic) bond motifs is 1. The number of hydrogen-bond donors (Lipinski definition) is 2. The Bertz CT molecular complexity index is 993. The summed E-state index contributed by atoms with van der Waals surface area (Å²) in [4.78, 5) is 21.2. The smallest absolute Gasteiger partial charge is 0.241 e. The van der Waals surface area contributed by atoms with Gasteiger partial charge in [0.25, 0.3) is 0 Å². The minimum absolute atomic E-state index is 0.163. The number of aromatic nitrogens is 1. The van der Waals surface area contributed by atoms with Crippen molar-refractivity contribution in [2.45, 2.75) is 57.4 Å². The summed E-state index contributed by atoms with van der Waals surface area (Å²) in [6.07, 6.45) is 2.39. The highest BCUT2D eigenvalue weighted by atomic mass is 16.3. The third kappa shape index (κ3) is 4.26. The molecule has 2 heterocycles. The number of nitrogens with zero attached hydrogens (tertiary/aromatic N) is 3. The SMILES string of the molecule is CC1(C)CCC(C)(C)c2cc(-c3cccc(N4CCN(C(=O)C(N)CO)CC4)n3)ccc21. The first-order valence-electron chi connectivity index (χ1n) is 11.6. The van der Waals surface area contributed by atoms with Gasteiger partial charge in [-0.3, -0.25) is 4.79 Å². The number of hydrogen-bond acceptors (Lipinski definition) is 5. The summed E-state index contributed by atoms with van der Waals surface area (Å²) in [6, 6.07) is 12.2. The first-order chi connectivity index (χ1) is 15.1. The molecule has 6 heteroatoms. The molecule has 4 rings (SSSR count). The molecule has 1 unspecified atom stereocenters. The Balaban J connectivity index is 1.55. The monoisotopic (exact) mass is 436 g/mol. The van der Waals surface area contributed by atoms with Gasteiger partial charge in [0.15, 0.2) is 0 Å². The fourth-order valence-corrected chi connectivity index (χ4v) is 4.98. The molecule has 1 atom stereocenters. The molecule has 1 amide bonds. The summed E-state index contributed by atoms with van der Waals surface area (Å²) in [5.74, 6) is 0.742. The molecule has 1 aromatic carbocycles. The number of carbonyl (C=O) groups excluding carboxylic acids is 1. The molecule has 3 N–H and O–H groups in total. The van der Waals surface area contributed by atoms with E-state index in [-0.39, 0.29) is 23.3 Å². The number of piperazine rings is 1. The van der Waals surface area contributed by atoms with Gasteiger partial charge in [-0.1, -0.05) is 45.9 Å². The van der Waals surface area contributed by atoms with Crippen LogP contribution in [0.25, 0.3) is 11.3 Å². The predicted octanol–water partition coefficient (Wildman–Crippen LogP) is 3.07. The lowest BCUT2D eigenvalue weighted by Gasteiger charge is -2.42. The summed E-state index contributed by atoms with van der Waals surface area (Å²) in [5, 5.41) is 9.15. The third-order valence-corrected chi connectivity index (χ3v) is 7.31. The van der Waals surface area contributed by atoms with E-state index in [0.717, 1.165) is 17.1 Å². The van der Waals surface area contributed by atoms with E-state index in [1.54, 1.807) is 4.90 Å². The van der Waals surface area contributed by atoms with Crippen molar-refractivity contribution in [3.05, 3.63) is 47.5 Å². The van der Waals surface area contributed by atoms with Gasteiger partial charge in [0, 0.05) is 31.7 Å². The molecule has 0 saturated carbocycles. The predicted molar refractivity (Wildman–Crippen MR) is 129 cm³/mol. The molecule has 2 aromatic rings. The van der Waals surface area contributed by atoms with Gasteiger partial charge in [0.05, 0.1) is 12.3 Å². The molecule has 1 aliphatic heterocycles. The van der Waals surface area contributed by atoms with E-state index in [0.29, 0.717) is 26.2 Å². The number of amides is 1. The zero-order chi connectivity index (χ0) is 23.1. The molecule has 32 heavy (non-hydrogen) atoms. The van der Waals surface area contributed by atoms with Crippen LogP contribution in [-0.2, 0) is 15.6 Å². The average Bonchev–Trinajstić information content (AvgIpc) is 2.81. The number of anilines is 1. The van der Waals surface area contributed by atoms with E-state index in [4.69, 9.17) is 15.8 Å². The van der Waals surface area contributed by atoms with Crippen LogP contribution in [0, 0.1) is 0 Å². The van der Waals surface area contributed by atoms with Gasteiger partial charge >= 0.3 is 0 Å². The number of nitrogens with two attached hydrogens (primary N) is 1. The van der Waals surface area contributed by atoms with Crippen LogP contribution >= 0.6 is 0 Å². The van der Waals surface area contributed by atoms with Crippen molar-refractivity contribution < 1.29 is 9.90 Å². The van der Waals surface area contributed by atoms with E-state index in [2.05, 4.69) is 62.9 Å². The lowest BCUT2D eigenvalue weighted by atomic mass is 9.63. The number of pyridine rings is 1. The number of rotatable bonds is 4. The van der Waals surface area contributed by atoms with Crippen LogP contribution in [0.5, 0.6) is 0 Å². The minimum Gasteiger partial charge on any atom is -0.394 e. The van der Waals surface area contributed by atoms with Crippen LogP contribution in [0.1, 0.15) is 51.7 Å². The summed E-state index contributed by atoms with van der Waals surface area (Å²) in [7, 11) is 0. The first-order valence-corrected chi connectivity index (χ1v) is 11.6. The number of aliphatic hydroxyl groups excluding tert-OH is 1. The second kappa shape index (κ2) is 8.49. The van der Waals surface area contributed by atoms with Crippen molar-refractivity contribution in [1.82, 2.24) is 9.88 Å². The Morgan fingerprint density at radius 3 is 2.34 bits per heavy atom. The van der Waals surface area contributed by atoms with Crippen LogP contribution in [0.3, 0.4) is 0 Å². The molecule has 0 bridgehead atoms. The summed E-state index contributed by atoms with van der Waals surface area (Å²) >= 11 is 0. The second-order valence-corrected chi connectivity index (χ2v) is 10.5. The number of benzene rings is 1. The number of aliphatic hydroxyl groups is 1. The van der Waals surface area contributed by atoms with E-state index in [9.17, 15) is 4.79 Å². The van der Waals surface area contributed by atoms with Gasteiger partial charge < -0.3 is 20.6 Å². The standard InChI is InChI=1S/C26H36N4O2/c1-25(2)10-11-26(3,4)20-16-18(8-9-19(20)25)22-6-5-7-23(28-22)29-12-14-30(15-13-29)24(32)21(27)17-31/h5-9,16,21,31H,10-15,17,27H2,1-4H3. The molecule has 0 spiro atoms. The molecular formula is C26H36N4O2. The van der Waals surface area contributed by atoms with E-state index in [1.807, 2.05) is 6.07 Å². The zero-order valence-electron chi connectivity index (χ0n) is 19.8. The van der Waals surface area contributed by atoms with E-state index >= 15 is 0 Å². The maximum absolute atomic E-state index is 12.2. The maximum atomic E-state index is 12.2. The molecule has 6 nitrogen and oxygen atoms in total. The minimum atomic E-state index is -0.832. The molecule has 1 fully saturated rings. The fourth-order valence-electron chi connectivity index (χ4n) is 4.98. The highest BCUT2D eigenvalue weighted by Gasteiger charge is 2.37. The Morgan fingerprint density at radius 2 is 1.69 bits per heavy atom. The summed E-state index contributed by atoms with van der Waals surface area (Å²) in [6.45, 7) is 11.6. The maximum Gasteiger partial charge on any atom is 0.241 e. The first kappa shape index (κ1) is 22.7. The van der Waals surface area contributed by atoms with Gasteiger partial charge in [-0.25, -0.2) is 4.98 Å². The topological polar surface area (TPSA) is 82.7 Å². The van der Waals surface area contributed by atoms with Crippen LogP contribution in [0.15, 0.2) is 36.4 Å².